The first kappa shape index (κ1) is 17.2. The lowest BCUT2D eigenvalue weighted by atomic mass is 10.1. The molecule has 104 valence electrons. The minimum atomic E-state index is 1.17. The molecule has 0 aromatic carbocycles. The van der Waals surface area contributed by atoms with Crippen LogP contribution in [0.25, 0.3) is 0 Å². The van der Waals surface area contributed by atoms with Gasteiger partial charge in [-0.3, -0.25) is 0 Å². The van der Waals surface area contributed by atoms with Crippen molar-refractivity contribution in [1.82, 2.24) is 0 Å². The molecule has 0 aromatic rings. The Balaban J connectivity index is 3.03. The fraction of sp³-hybridized carbons (Fsp3) is 0.667. The van der Waals surface area contributed by atoms with Crippen molar-refractivity contribution in [3.05, 3.63) is 37.5 Å². The number of rotatable bonds is 14. The molecule has 0 unspecified atom stereocenters. The highest BCUT2D eigenvalue weighted by Gasteiger charge is 1.89. The smallest absolute Gasteiger partial charge is 0.0351 e. The highest BCUT2D eigenvalue weighted by molar-refractivity contribution is 4.81. The van der Waals surface area contributed by atoms with Gasteiger partial charge in [0.05, 0.1) is 0 Å². The molecule has 0 rings (SSSR count). The van der Waals surface area contributed by atoms with E-state index in [4.69, 9.17) is 0 Å². The Bertz CT molecular complexity index is 200. The van der Waals surface area contributed by atoms with Crippen LogP contribution in [0.2, 0.25) is 0 Å². The van der Waals surface area contributed by atoms with Crippen molar-refractivity contribution in [2.45, 2.75) is 77.0 Å². The summed E-state index contributed by atoms with van der Waals surface area (Å²) < 4.78 is 0. The van der Waals surface area contributed by atoms with Gasteiger partial charge in [-0.05, 0) is 51.4 Å². The first-order chi connectivity index (χ1) is 8.91. The zero-order valence-electron chi connectivity index (χ0n) is 12.2. The van der Waals surface area contributed by atoms with E-state index >= 15 is 0 Å². The molecule has 0 fully saturated rings. The molecule has 0 amide bonds. The lowest BCUT2D eigenvalue weighted by Crippen LogP contribution is -1.79. The van der Waals surface area contributed by atoms with Crippen LogP contribution < -0.4 is 0 Å². The van der Waals surface area contributed by atoms with E-state index in [0.717, 1.165) is 0 Å². The highest BCUT2D eigenvalue weighted by atomic mass is 14.0. The SMILES string of the molecule is C=CCCCCC=CCCCCCCCCC=C. The van der Waals surface area contributed by atoms with Gasteiger partial charge in [-0.25, -0.2) is 0 Å². The maximum atomic E-state index is 3.75. The third-order valence-electron chi connectivity index (χ3n) is 3.22. The van der Waals surface area contributed by atoms with Gasteiger partial charge in [0.1, 0.15) is 0 Å². The average Bonchev–Trinajstić information content (AvgIpc) is 2.39. The van der Waals surface area contributed by atoms with Gasteiger partial charge in [-0.1, -0.05) is 50.0 Å². The first-order valence-corrected chi connectivity index (χ1v) is 7.78. The van der Waals surface area contributed by atoms with E-state index in [0.29, 0.717) is 0 Å². The standard InChI is InChI=1S/C18H32/c1-3-5-7-9-11-13-15-17-18-16-14-12-10-8-6-4-2/h3-4,13,15H,1-2,5-12,14,16-18H2. The van der Waals surface area contributed by atoms with Crippen LogP contribution in [0.15, 0.2) is 37.5 Å². The molecule has 0 nitrogen and oxygen atoms in total. The minimum Gasteiger partial charge on any atom is -0.103 e. The monoisotopic (exact) mass is 248 g/mol. The summed E-state index contributed by atoms with van der Waals surface area (Å²) in [6.45, 7) is 7.48. The number of unbranched alkanes of at least 4 members (excludes halogenated alkanes) is 10. The Hall–Kier alpha value is -0.780. The van der Waals surface area contributed by atoms with Crippen molar-refractivity contribution >= 4 is 0 Å². The van der Waals surface area contributed by atoms with Crippen molar-refractivity contribution in [3.63, 3.8) is 0 Å². The topological polar surface area (TPSA) is 0 Å². The summed E-state index contributed by atoms with van der Waals surface area (Å²) in [5.74, 6) is 0. The van der Waals surface area contributed by atoms with Gasteiger partial charge in [0, 0.05) is 0 Å². The van der Waals surface area contributed by atoms with E-state index in [2.05, 4.69) is 25.3 Å². The fourth-order valence-corrected chi connectivity index (χ4v) is 2.04. The van der Waals surface area contributed by atoms with Crippen LogP contribution in [0, 0.1) is 0 Å². The second-order valence-corrected chi connectivity index (χ2v) is 5.03. The van der Waals surface area contributed by atoms with E-state index < -0.39 is 0 Å². The van der Waals surface area contributed by atoms with Crippen molar-refractivity contribution in [3.8, 4) is 0 Å². The second-order valence-electron chi connectivity index (χ2n) is 5.03. The predicted molar refractivity (Wildman–Crippen MR) is 84.9 cm³/mol. The minimum absolute atomic E-state index is 1.17. The van der Waals surface area contributed by atoms with Crippen LogP contribution in [0.3, 0.4) is 0 Å². The number of hydrogen-bond donors (Lipinski definition) is 0. The van der Waals surface area contributed by atoms with Crippen LogP contribution in [0.5, 0.6) is 0 Å². The average molecular weight is 248 g/mol. The quantitative estimate of drug-likeness (QED) is 0.240. The molecule has 0 aliphatic carbocycles. The van der Waals surface area contributed by atoms with E-state index in [1.54, 1.807) is 0 Å². The van der Waals surface area contributed by atoms with Crippen LogP contribution in [-0.2, 0) is 0 Å². The van der Waals surface area contributed by atoms with Crippen LogP contribution in [0.4, 0.5) is 0 Å². The molecule has 0 bridgehead atoms. The molecule has 0 aliphatic rings. The van der Waals surface area contributed by atoms with Gasteiger partial charge >= 0.3 is 0 Å². The first-order valence-electron chi connectivity index (χ1n) is 7.78. The van der Waals surface area contributed by atoms with E-state index in [1.807, 2.05) is 12.2 Å². The van der Waals surface area contributed by atoms with Crippen LogP contribution in [-0.4, -0.2) is 0 Å². The zero-order chi connectivity index (χ0) is 13.3. The maximum Gasteiger partial charge on any atom is -0.0351 e. The molecule has 18 heavy (non-hydrogen) atoms. The predicted octanol–water partition coefficient (Wildman–Crippen LogP) is 6.60. The van der Waals surface area contributed by atoms with E-state index in [-0.39, 0.29) is 0 Å². The summed E-state index contributed by atoms with van der Waals surface area (Å²) in [7, 11) is 0. The van der Waals surface area contributed by atoms with Gasteiger partial charge in [0.15, 0.2) is 0 Å². The third-order valence-corrected chi connectivity index (χ3v) is 3.22. The van der Waals surface area contributed by atoms with Crippen LogP contribution >= 0.6 is 0 Å². The van der Waals surface area contributed by atoms with E-state index in [9.17, 15) is 0 Å². The Morgan fingerprint density at radius 2 is 0.778 bits per heavy atom. The molecule has 0 heteroatoms. The van der Waals surface area contributed by atoms with E-state index in [1.165, 1.54) is 77.0 Å². The lowest BCUT2D eigenvalue weighted by Gasteiger charge is -1.99. The van der Waals surface area contributed by atoms with Gasteiger partial charge in [0.25, 0.3) is 0 Å². The molecule has 0 aliphatic heterocycles. The summed E-state index contributed by atoms with van der Waals surface area (Å²) in [4.78, 5) is 0. The van der Waals surface area contributed by atoms with Gasteiger partial charge in [-0.2, -0.15) is 0 Å². The van der Waals surface area contributed by atoms with Crippen molar-refractivity contribution < 1.29 is 0 Å². The van der Waals surface area contributed by atoms with Gasteiger partial charge in [-0.15, -0.1) is 13.2 Å². The van der Waals surface area contributed by atoms with Crippen molar-refractivity contribution in [2.75, 3.05) is 0 Å². The summed E-state index contributed by atoms with van der Waals surface area (Å²) in [6.07, 6.45) is 24.5. The van der Waals surface area contributed by atoms with Gasteiger partial charge < -0.3 is 0 Å². The molecular formula is C18H32. The summed E-state index contributed by atoms with van der Waals surface area (Å²) >= 11 is 0. The Labute approximate surface area is 115 Å². The van der Waals surface area contributed by atoms with Gasteiger partial charge in [0.2, 0.25) is 0 Å². The number of hydrogen-bond acceptors (Lipinski definition) is 0. The molecule has 0 radical (unpaired) electrons. The van der Waals surface area contributed by atoms with Crippen LogP contribution in [0.1, 0.15) is 77.0 Å². The van der Waals surface area contributed by atoms with Crippen molar-refractivity contribution in [2.24, 2.45) is 0 Å². The normalized spacial score (nSPS) is 10.9. The molecule has 0 spiro atoms. The Kier molecular flexibility index (Phi) is 15.5. The molecule has 0 saturated heterocycles. The third kappa shape index (κ3) is 15.2. The molecule has 0 aromatic heterocycles. The summed E-state index contributed by atoms with van der Waals surface area (Å²) in [5, 5.41) is 0. The Morgan fingerprint density at radius 3 is 1.28 bits per heavy atom. The number of allylic oxidation sites excluding steroid dienone is 4. The summed E-state index contributed by atoms with van der Waals surface area (Å²) in [6, 6.07) is 0. The fourth-order valence-electron chi connectivity index (χ4n) is 2.04. The molecule has 0 heterocycles. The highest BCUT2D eigenvalue weighted by Crippen LogP contribution is 2.09. The molecular weight excluding hydrogens is 216 g/mol. The summed E-state index contributed by atoms with van der Waals surface area (Å²) in [5.41, 5.74) is 0. The Morgan fingerprint density at radius 1 is 0.444 bits per heavy atom. The lowest BCUT2D eigenvalue weighted by molar-refractivity contribution is 0.600. The molecule has 0 N–H and O–H groups in total. The maximum absolute atomic E-state index is 3.75. The second kappa shape index (κ2) is 16.2. The zero-order valence-corrected chi connectivity index (χ0v) is 12.2. The van der Waals surface area contributed by atoms with Crippen molar-refractivity contribution in [1.29, 1.82) is 0 Å². The molecule has 0 saturated carbocycles. The molecule has 0 atom stereocenters. The largest absolute Gasteiger partial charge is 0.103 e.